The Kier molecular flexibility index (Phi) is 10.5. The van der Waals surface area contributed by atoms with E-state index in [4.69, 9.17) is 25.0 Å². The largest absolute Gasteiger partial charge is 0.496 e. The molecule has 1 saturated carbocycles. The van der Waals surface area contributed by atoms with Gasteiger partial charge in [-0.3, -0.25) is 5.41 Å². The number of aryl methyl sites for hydroxylation is 1. The first-order valence-electron chi connectivity index (χ1n) is 12.0. The summed E-state index contributed by atoms with van der Waals surface area (Å²) in [6.45, 7) is 2.26. The van der Waals surface area contributed by atoms with Crippen molar-refractivity contribution < 1.29 is 13.9 Å². The molecule has 0 aliphatic heterocycles. The molecule has 33 heavy (non-hydrogen) atoms. The lowest BCUT2D eigenvalue weighted by Crippen LogP contribution is -2.27. The standard InChI is InChI=1S/C25H38N4O3.ClH/c1-4-5-6-7-8-9-10-11-12-13-18-16-19(21(31-3)17-20(18)30-2)22-28-29-24(32-22)25(14-15-25)23(26)27;/h16-17H,4-15H2,1-3H3,(H3,26,27);1H. The minimum atomic E-state index is -0.579. The molecule has 0 unspecified atom stereocenters. The first kappa shape index (κ1) is 27.0. The smallest absolute Gasteiger partial charge is 0.251 e. The minimum Gasteiger partial charge on any atom is -0.496 e. The Morgan fingerprint density at radius 2 is 1.58 bits per heavy atom. The van der Waals surface area contributed by atoms with Crippen molar-refractivity contribution >= 4 is 18.2 Å². The summed E-state index contributed by atoms with van der Waals surface area (Å²) in [7, 11) is 3.30. The SMILES string of the molecule is CCCCCCCCCCCc1cc(-c2nnc(C3(C(=N)N)CC3)o2)c(OC)cc1OC.Cl. The summed E-state index contributed by atoms with van der Waals surface area (Å²) < 4.78 is 17.2. The van der Waals surface area contributed by atoms with Crippen LogP contribution in [0, 0.1) is 5.41 Å². The highest BCUT2D eigenvalue weighted by molar-refractivity contribution is 5.91. The Balaban J connectivity index is 0.00000385. The van der Waals surface area contributed by atoms with Crippen LogP contribution in [0.15, 0.2) is 16.5 Å². The molecule has 0 radical (unpaired) electrons. The lowest BCUT2D eigenvalue weighted by molar-refractivity contribution is 0.390. The zero-order valence-electron chi connectivity index (χ0n) is 20.2. The van der Waals surface area contributed by atoms with Gasteiger partial charge in [0.15, 0.2) is 0 Å². The van der Waals surface area contributed by atoms with Gasteiger partial charge in [-0.25, -0.2) is 0 Å². The van der Waals surface area contributed by atoms with Crippen molar-refractivity contribution in [2.45, 2.75) is 89.4 Å². The molecule has 1 aliphatic rings. The van der Waals surface area contributed by atoms with Crippen LogP contribution in [0.4, 0.5) is 0 Å². The number of ether oxygens (including phenoxy) is 2. The van der Waals surface area contributed by atoms with Crippen LogP contribution in [0.25, 0.3) is 11.5 Å². The van der Waals surface area contributed by atoms with Gasteiger partial charge in [0.05, 0.1) is 19.8 Å². The highest BCUT2D eigenvalue weighted by atomic mass is 35.5. The van der Waals surface area contributed by atoms with E-state index in [0.717, 1.165) is 42.6 Å². The summed E-state index contributed by atoms with van der Waals surface area (Å²) in [5.74, 6) is 2.33. The van der Waals surface area contributed by atoms with Crippen LogP contribution in [0.5, 0.6) is 11.5 Å². The average molecular weight is 479 g/mol. The van der Waals surface area contributed by atoms with Crippen LogP contribution in [0.2, 0.25) is 0 Å². The summed E-state index contributed by atoms with van der Waals surface area (Å²) in [6.07, 6.45) is 14.1. The molecular formula is C25H39ClN4O3. The Hall–Kier alpha value is -2.28. The highest BCUT2D eigenvalue weighted by Crippen LogP contribution is 2.48. The van der Waals surface area contributed by atoms with Gasteiger partial charge in [0.25, 0.3) is 5.89 Å². The molecule has 8 heteroatoms. The second kappa shape index (κ2) is 12.8. The maximum Gasteiger partial charge on any atom is 0.251 e. The van der Waals surface area contributed by atoms with E-state index >= 15 is 0 Å². The van der Waals surface area contributed by atoms with E-state index in [1.165, 1.54) is 51.4 Å². The summed E-state index contributed by atoms with van der Waals surface area (Å²) in [4.78, 5) is 0. The maximum absolute atomic E-state index is 7.85. The first-order chi connectivity index (χ1) is 15.6. The second-order valence-corrected chi connectivity index (χ2v) is 8.85. The summed E-state index contributed by atoms with van der Waals surface area (Å²) >= 11 is 0. The molecule has 1 aliphatic carbocycles. The fourth-order valence-electron chi connectivity index (χ4n) is 4.20. The third-order valence-corrected chi connectivity index (χ3v) is 6.48. The quantitative estimate of drug-likeness (QED) is 0.179. The third kappa shape index (κ3) is 6.62. The molecule has 1 aromatic heterocycles. The number of nitrogens with two attached hydrogens (primary N) is 1. The number of halogens is 1. The van der Waals surface area contributed by atoms with Gasteiger partial charge in [-0.15, -0.1) is 22.6 Å². The molecule has 7 nitrogen and oxygen atoms in total. The Bertz CT molecular complexity index is 896. The van der Waals surface area contributed by atoms with Crippen LogP contribution in [-0.4, -0.2) is 30.3 Å². The highest BCUT2D eigenvalue weighted by Gasteiger charge is 2.52. The van der Waals surface area contributed by atoms with Gasteiger partial charge < -0.3 is 19.6 Å². The molecule has 0 amide bonds. The van der Waals surface area contributed by atoms with Crippen LogP contribution in [0.1, 0.15) is 89.0 Å². The van der Waals surface area contributed by atoms with Gasteiger partial charge >= 0.3 is 0 Å². The van der Waals surface area contributed by atoms with Crippen LogP contribution in [-0.2, 0) is 11.8 Å². The van der Waals surface area contributed by atoms with Gasteiger partial charge in [0.2, 0.25) is 5.89 Å². The zero-order valence-corrected chi connectivity index (χ0v) is 21.1. The van der Waals surface area contributed by atoms with E-state index < -0.39 is 5.41 Å². The zero-order chi connectivity index (χ0) is 23.0. The number of methoxy groups -OCH3 is 2. The van der Waals surface area contributed by atoms with Gasteiger partial charge in [-0.1, -0.05) is 58.3 Å². The number of amidine groups is 1. The first-order valence-corrected chi connectivity index (χ1v) is 12.0. The van der Waals surface area contributed by atoms with Gasteiger partial charge in [0, 0.05) is 6.07 Å². The number of hydrogen-bond acceptors (Lipinski definition) is 6. The van der Waals surface area contributed by atoms with Crippen molar-refractivity contribution in [1.82, 2.24) is 10.2 Å². The molecule has 1 fully saturated rings. The summed E-state index contributed by atoms with van der Waals surface area (Å²) in [6, 6.07) is 3.92. The van der Waals surface area contributed by atoms with E-state index in [2.05, 4.69) is 17.1 Å². The fourth-order valence-corrected chi connectivity index (χ4v) is 4.20. The molecule has 3 rings (SSSR count). The number of benzene rings is 1. The molecule has 1 heterocycles. The molecule has 2 aromatic rings. The minimum absolute atomic E-state index is 0. The molecule has 184 valence electrons. The summed E-state index contributed by atoms with van der Waals surface area (Å²) in [5, 5.41) is 16.3. The molecule has 0 spiro atoms. The van der Waals surface area contributed by atoms with Crippen LogP contribution >= 0.6 is 12.4 Å². The maximum atomic E-state index is 7.85. The van der Waals surface area contributed by atoms with Crippen molar-refractivity contribution in [1.29, 1.82) is 5.41 Å². The van der Waals surface area contributed by atoms with E-state index in [1.807, 2.05) is 12.1 Å². The third-order valence-electron chi connectivity index (χ3n) is 6.48. The fraction of sp³-hybridized carbons (Fsp3) is 0.640. The molecule has 0 bridgehead atoms. The molecule has 0 atom stereocenters. The van der Waals surface area contributed by atoms with Gasteiger partial charge in [-0.2, -0.15) is 0 Å². The number of aromatic nitrogens is 2. The predicted octanol–water partition coefficient (Wildman–Crippen LogP) is 6.22. The van der Waals surface area contributed by atoms with Crippen molar-refractivity contribution in [3.8, 4) is 23.0 Å². The lowest BCUT2D eigenvalue weighted by atomic mass is 10.0. The average Bonchev–Trinajstić information content (AvgIpc) is 3.48. The Morgan fingerprint density at radius 1 is 0.970 bits per heavy atom. The number of rotatable bonds is 15. The Labute approximate surface area is 203 Å². The van der Waals surface area contributed by atoms with Crippen LogP contribution < -0.4 is 15.2 Å². The lowest BCUT2D eigenvalue weighted by Gasteiger charge is -2.13. The monoisotopic (exact) mass is 478 g/mol. The van der Waals surface area contributed by atoms with Crippen molar-refractivity contribution in [2.75, 3.05) is 14.2 Å². The van der Waals surface area contributed by atoms with Crippen LogP contribution in [0.3, 0.4) is 0 Å². The number of hydrogen-bond donors (Lipinski definition) is 2. The molecule has 1 aromatic carbocycles. The van der Waals surface area contributed by atoms with E-state index in [1.54, 1.807) is 14.2 Å². The normalized spacial score (nSPS) is 13.9. The van der Waals surface area contributed by atoms with E-state index in [0.29, 0.717) is 17.5 Å². The van der Waals surface area contributed by atoms with Gasteiger partial charge in [-0.05, 0) is 37.3 Å². The molecule has 0 saturated heterocycles. The van der Waals surface area contributed by atoms with Crippen molar-refractivity contribution in [3.63, 3.8) is 0 Å². The Morgan fingerprint density at radius 3 is 2.12 bits per heavy atom. The number of nitrogens with one attached hydrogen (secondary N) is 1. The van der Waals surface area contributed by atoms with E-state index in [-0.39, 0.29) is 18.2 Å². The summed E-state index contributed by atoms with van der Waals surface area (Å²) in [5.41, 5.74) is 7.04. The molecular weight excluding hydrogens is 440 g/mol. The van der Waals surface area contributed by atoms with Gasteiger partial charge in [0.1, 0.15) is 22.7 Å². The van der Waals surface area contributed by atoms with Crippen molar-refractivity contribution in [2.24, 2.45) is 5.73 Å². The van der Waals surface area contributed by atoms with Crippen molar-refractivity contribution in [3.05, 3.63) is 23.6 Å². The molecule has 3 N–H and O–H groups in total. The second-order valence-electron chi connectivity index (χ2n) is 8.85. The topological polar surface area (TPSA) is 107 Å². The number of unbranched alkanes of at least 4 members (excludes halogenated alkanes) is 8. The van der Waals surface area contributed by atoms with E-state index in [9.17, 15) is 0 Å². The number of nitrogens with zero attached hydrogens (tertiary/aromatic N) is 2. The predicted molar refractivity (Wildman–Crippen MR) is 134 cm³/mol.